The highest BCUT2D eigenvalue weighted by atomic mass is 16.3. The number of urea groups is 1. The third-order valence-electron chi connectivity index (χ3n) is 4.29. The van der Waals surface area contributed by atoms with E-state index in [2.05, 4.69) is 10.4 Å². The van der Waals surface area contributed by atoms with Crippen LogP contribution in [-0.4, -0.2) is 32.5 Å². The lowest BCUT2D eigenvalue weighted by molar-refractivity contribution is -0.130. The average Bonchev–Trinajstić information content (AvgIpc) is 3.35. The molecule has 1 N–H and O–H groups in total. The van der Waals surface area contributed by atoms with Crippen molar-refractivity contribution in [1.82, 2.24) is 20.0 Å². The average molecular weight is 376 g/mol. The van der Waals surface area contributed by atoms with Gasteiger partial charge in [-0.15, -0.1) is 0 Å². The molecule has 8 heteroatoms. The molecule has 4 amide bonds. The van der Waals surface area contributed by atoms with Gasteiger partial charge in [-0.3, -0.25) is 19.8 Å². The number of hydrogen-bond donors (Lipinski definition) is 1. The third kappa shape index (κ3) is 3.35. The summed E-state index contributed by atoms with van der Waals surface area (Å²) in [6, 6.07) is 10.3. The monoisotopic (exact) mass is 376 g/mol. The van der Waals surface area contributed by atoms with E-state index >= 15 is 0 Å². The number of furan rings is 1. The van der Waals surface area contributed by atoms with Crippen molar-refractivity contribution in [3.05, 3.63) is 77.5 Å². The molecule has 8 nitrogen and oxygen atoms in total. The molecular formula is C20H16N4O4. The minimum atomic E-state index is -0.779. The van der Waals surface area contributed by atoms with E-state index in [1.807, 2.05) is 31.2 Å². The molecule has 0 unspecified atom stereocenters. The van der Waals surface area contributed by atoms with Gasteiger partial charge in [0, 0.05) is 11.8 Å². The summed E-state index contributed by atoms with van der Waals surface area (Å²) in [5.41, 5.74) is 2.40. The van der Waals surface area contributed by atoms with Crippen LogP contribution in [0.25, 0.3) is 11.8 Å². The quantitative estimate of drug-likeness (QED) is 0.557. The Bertz CT molecular complexity index is 1080. The first kappa shape index (κ1) is 17.5. The van der Waals surface area contributed by atoms with E-state index in [0.29, 0.717) is 11.3 Å². The Morgan fingerprint density at radius 2 is 1.93 bits per heavy atom. The summed E-state index contributed by atoms with van der Waals surface area (Å²) in [5.74, 6) is -0.994. The topological polar surface area (TPSA) is 97.4 Å². The highest BCUT2D eigenvalue weighted by molar-refractivity contribution is 6.30. The normalized spacial score (nSPS) is 16.0. The van der Waals surface area contributed by atoms with Gasteiger partial charge in [-0.25, -0.2) is 9.48 Å². The maximum Gasteiger partial charge on any atom is 0.331 e. The fourth-order valence-electron chi connectivity index (χ4n) is 2.81. The van der Waals surface area contributed by atoms with Gasteiger partial charge in [-0.1, -0.05) is 17.7 Å². The lowest BCUT2D eigenvalue weighted by Crippen LogP contribution is -2.53. The second kappa shape index (κ2) is 6.99. The van der Waals surface area contributed by atoms with Crippen molar-refractivity contribution in [3.8, 4) is 5.69 Å². The minimum absolute atomic E-state index is 0.0646. The molecule has 1 aromatic carbocycles. The Labute approximate surface area is 160 Å². The lowest BCUT2D eigenvalue weighted by Gasteiger charge is -2.25. The van der Waals surface area contributed by atoms with Gasteiger partial charge in [-0.2, -0.15) is 5.10 Å². The molecule has 0 radical (unpaired) electrons. The second-order valence-corrected chi connectivity index (χ2v) is 6.34. The minimum Gasteiger partial charge on any atom is -0.467 e. The molecule has 0 saturated carbocycles. The van der Waals surface area contributed by atoms with E-state index < -0.39 is 17.8 Å². The SMILES string of the molecule is Cc1ccc(-n2cc(/C=C3/C(=O)NC(=O)N(Cc4ccco4)C3=O)cn2)cc1. The summed E-state index contributed by atoms with van der Waals surface area (Å²) >= 11 is 0. The van der Waals surface area contributed by atoms with Gasteiger partial charge in [0.05, 0.1) is 24.7 Å². The van der Waals surface area contributed by atoms with Crippen molar-refractivity contribution in [2.45, 2.75) is 13.5 Å². The van der Waals surface area contributed by atoms with Gasteiger partial charge in [-0.05, 0) is 37.3 Å². The number of amides is 4. The maximum atomic E-state index is 12.7. The van der Waals surface area contributed by atoms with Crippen LogP contribution in [0.3, 0.4) is 0 Å². The summed E-state index contributed by atoms with van der Waals surface area (Å²) in [7, 11) is 0. The van der Waals surface area contributed by atoms with Crippen LogP contribution in [0.2, 0.25) is 0 Å². The number of imide groups is 2. The first-order chi connectivity index (χ1) is 13.5. The van der Waals surface area contributed by atoms with E-state index in [4.69, 9.17) is 4.42 Å². The van der Waals surface area contributed by atoms with Gasteiger partial charge in [0.25, 0.3) is 11.8 Å². The van der Waals surface area contributed by atoms with Crippen LogP contribution in [0, 0.1) is 6.92 Å². The number of hydrogen-bond acceptors (Lipinski definition) is 5. The largest absolute Gasteiger partial charge is 0.467 e. The van der Waals surface area contributed by atoms with Crippen LogP contribution in [0.5, 0.6) is 0 Å². The first-order valence-corrected chi connectivity index (χ1v) is 8.54. The number of rotatable bonds is 4. The summed E-state index contributed by atoms with van der Waals surface area (Å²) in [5, 5.41) is 6.44. The van der Waals surface area contributed by atoms with Gasteiger partial charge in [0.15, 0.2) is 0 Å². The Morgan fingerprint density at radius 1 is 1.14 bits per heavy atom. The molecule has 1 saturated heterocycles. The van der Waals surface area contributed by atoms with Crippen LogP contribution in [0.4, 0.5) is 4.79 Å². The molecule has 140 valence electrons. The van der Waals surface area contributed by atoms with E-state index in [-0.39, 0.29) is 12.1 Å². The first-order valence-electron chi connectivity index (χ1n) is 8.54. The number of carbonyl (C=O) groups is 3. The maximum absolute atomic E-state index is 12.7. The predicted molar refractivity (Wildman–Crippen MR) is 99.1 cm³/mol. The van der Waals surface area contributed by atoms with Gasteiger partial charge >= 0.3 is 6.03 Å². The molecule has 1 aliphatic heterocycles. The van der Waals surface area contributed by atoms with Crippen molar-refractivity contribution in [1.29, 1.82) is 0 Å². The number of nitrogens with zero attached hydrogens (tertiary/aromatic N) is 3. The summed E-state index contributed by atoms with van der Waals surface area (Å²) in [6.07, 6.45) is 6.10. The highest BCUT2D eigenvalue weighted by Gasteiger charge is 2.36. The van der Waals surface area contributed by atoms with Crippen LogP contribution in [0.1, 0.15) is 16.9 Å². The third-order valence-corrected chi connectivity index (χ3v) is 4.29. The number of aryl methyl sites for hydroxylation is 1. The van der Waals surface area contributed by atoms with E-state index in [1.54, 1.807) is 29.2 Å². The summed E-state index contributed by atoms with van der Waals surface area (Å²) in [4.78, 5) is 37.9. The molecule has 1 fully saturated rings. The molecule has 0 aliphatic carbocycles. The zero-order valence-electron chi connectivity index (χ0n) is 15.0. The standard InChI is InChI=1S/C20H16N4O4/c1-13-4-6-15(7-5-13)24-11-14(10-21-24)9-17-18(25)22-20(27)23(19(17)26)12-16-3-2-8-28-16/h2-11H,12H2,1H3,(H,22,25,27)/b17-9-. The fourth-order valence-corrected chi connectivity index (χ4v) is 2.81. The summed E-state index contributed by atoms with van der Waals surface area (Å²) < 4.78 is 6.82. The lowest BCUT2D eigenvalue weighted by atomic mass is 10.1. The van der Waals surface area contributed by atoms with Gasteiger partial charge < -0.3 is 4.42 Å². The Hall–Kier alpha value is -3.94. The predicted octanol–water partition coefficient (Wildman–Crippen LogP) is 2.44. The van der Waals surface area contributed by atoms with E-state index in [9.17, 15) is 14.4 Å². The van der Waals surface area contributed by atoms with E-state index in [0.717, 1.165) is 16.2 Å². The van der Waals surface area contributed by atoms with Crippen molar-refractivity contribution in [2.24, 2.45) is 0 Å². The van der Waals surface area contributed by atoms with Crippen LogP contribution in [-0.2, 0) is 16.1 Å². The van der Waals surface area contributed by atoms with Crippen molar-refractivity contribution < 1.29 is 18.8 Å². The molecule has 0 spiro atoms. The van der Waals surface area contributed by atoms with Gasteiger partial charge in [0.1, 0.15) is 11.3 Å². The second-order valence-electron chi connectivity index (χ2n) is 6.34. The number of benzene rings is 1. The van der Waals surface area contributed by atoms with E-state index in [1.165, 1.54) is 12.3 Å². The molecule has 3 aromatic rings. The highest BCUT2D eigenvalue weighted by Crippen LogP contribution is 2.18. The number of carbonyl (C=O) groups excluding carboxylic acids is 3. The molecule has 0 atom stereocenters. The van der Waals surface area contributed by atoms with Crippen molar-refractivity contribution in [3.63, 3.8) is 0 Å². The molecular weight excluding hydrogens is 360 g/mol. The molecule has 3 heterocycles. The fraction of sp³-hybridized carbons (Fsp3) is 0.100. The molecule has 1 aliphatic rings. The molecule has 4 rings (SSSR count). The van der Waals surface area contributed by atoms with Crippen LogP contribution >= 0.6 is 0 Å². The van der Waals surface area contributed by atoms with Crippen LogP contribution in [0.15, 0.2) is 65.0 Å². The summed E-state index contributed by atoms with van der Waals surface area (Å²) in [6.45, 7) is 1.93. The zero-order chi connectivity index (χ0) is 19.7. The Morgan fingerprint density at radius 3 is 2.64 bits per heavy atom. The smallest absolute Gasteiger partial charge is 0.331 e. The molecule has 28 heavy (non-hydrogen) atoms. The number of barbiturate groups is 1. The Balaban J connectivity index is 1.61. The van der Waals surface area contributed by atoms with Crippen molar-refractivity contribution in [2.75, 3.05) is 0 Å². The number of nitrogens with one attached hydrogen (secondary N) is 1. The molecule has 2 aromatic heterocycles. The van der Waals surface area contributed by atoms with Crippen molar-refractivity contribution >= 4 is 23.9 Å². The van der Waals surface area contributed by atoms with Crippen LogP contribution < -0.4 is 5.32 Å². The molecule has 0 bridgehead atoms. The van der Waals surface area contributed by atoms with Gasteiger partial charge in [0.2, 0.25) is 0 Å². The Kier molecular flexibility index (Phi) is 4.36. The number of aromatic nitrogens is 2. The zero-order valence-corrected chi connectivity index (χ0v) is 15.0.